The van der Waals surface area contributed by atoms with E-state index in [0.29, 0.717) is 6.61 Å². The van der Waals surface area contributed by atoms with E-state index < -0.39 is 0 Å². The van der Waals surface area contributed by atoms with Crippen molar-refractivity contribution in [1.82, 2.24) is 4.90 Å². The first kappa shape index (κ1) is 21.8. The van der Waals surface area contributed by atoms with Crippen LogP contribution >= 0.6 is 0 Å². The van der Waals surface area contributed by atoms with E-state index in [0.717, 1.165) is 64.9 Å². The van der Waals surface area contributed by atoms with Gasteiger partial charge in [-0.25, -0.2) is 0 Å². The third-order valence-corrected chi connectivity index (χ3v) is 5.61. The Balaban J connectivity index is 1.56. The van der Waals surface area contributed by atoms with E-state index in [1.54, 1.807) is 21.3 Å². The van der Waals surface area contributed by atoms with Crippen LogP contribution in [0.15, 0.2) is 66.7 Å². The molecule has 0 saturated heterocycles. The highest BCUT2D eigenvalue weighted by Crippen LogP contribution is 2.40. The monoisotopic (exact) mass is 431 g/mol. The summed E-state index contributed by atoms with van der Waals surface area (Å²) in [5.74, 6) is 3.28. The molecule has 3 aromatic rings. The molecule has 0 fully saturated rings. The molecule has 0 unspecified atom stereocenters. The number of fused-ring (bicyclic) bond motifs is 1. The highest BCUT2D eigenvalue weighted by molar-refractivity contribution is 5.74. The third-order valence-electron chi connectivity index (χ3n) is 5.61. The molecule has 1 aliphatic heterocycles. The Morgan fingerprint density at radius 2 is 1.69 bits per heavy atom. The maximum absolute atomic E-state index is 6.10. The molecule has 0 atom stereocenters. The van der Waals surface area contributed by atoms with Gasteiger partial charge in [-0.1, -0.05) is 42.5 Å². The molecule has 5 heteroatoms. The molecular formula is C27H29NO4. The molecule has 0 N–H and O–H groups in total. The molecule has 4 rings (SSSR count). The van der Waals surface area contributed by atoms with Crippen LogP contribution in [0.4, 0.5) is 0 Å². The van der Waals surface area contributed by atoms with Crippen molar-refractivity contribution in [1.29, 1.82) is 0 Å². The first-order valence-electron chi connectivity index (χ1n) is 10.7. The largest absolute Gasteiger partial charge is 0.497 e. The third kappa shape index (κ3) is 4.89. The topological polar surface area (TPSA) is 40.2 Å². The molecule has 32 heavy (non-hydrogen) atoms. The summed E-state index contributed by atoms with van der Waals surface area (Å²) in [7, 11) is 5.06. The number of ether oxygens (including phenoxy) is 4. The number of benzene rings is 3. The van der Waals surface area contributed by atoms with Gasteiger partial charge in [0.25, 0.3) is 0 Å². The number of hydrogen-bond acceptors (Lipinski definition) is 5. The lowest BCUT2D eigenvalue weighted by molar-refractivity contribution is 0.238. The van der Waals surface area contributed by atoms with Crippen LogP contribution in [0.1, 0.15) is 11.1 Å². The highest BCUT2D eigenvalue weighted by atomic mass is 16.5. The molecule has 0 amide bonds. The quantitative estimate of drug-likeness (QED) is 0.509. The minimum absolute atomic E-state index is 0.619. The zero-order chi connectivity index (χ0) is 22.3. The van der Waals surface area contributed by atoms with Gasteiger partial charge in [-0.05, 0) is 41.5 Å². The molecule has 0 saturated carbocycles. The van der Waals surface area contributed by atoms with Gasteiger partial charge in [0.2, 0.25) is 0 Å². The standard InChI is InChI=1S/C27H29NO4/c1-29-23-12-10-20(11-13-23)7-6-14-28-15-16-32-27-22(19-28)17-21(18-26(27)31-3)24-8-4-5-9-25(24)30-2/h4-13,17-18H,14-16,19H2,1-3H3/b7-6+. The SMILES string of the molecule is COc1ccc(/C=C/CN2CCOc3c(cc(-c4ccccc4OC)cc3OC)C2)cc1. The summed E-state index contributed by atoms with van der Waals surface area (Å²) in [5.41, 5.74) is 4.35. The fourth-order valence-electron chi connectivity index (χ4n) is 3.94. The lowest BCUT2D eigenvalue weighted by Gasteiger charge is -2.18. The second kappa shape index (κ2) is 10.2. The molecule has 0 spiro atoms. The number of nitrogens with zero attached hydrogens (tertiary/aromatic N) is 1. The second-order valence-electron chi connectivity index (χ2n) is 7.63. The van der Waals surface area contributed by atoms with Gasteiger partial charge in [-0.2, -0.15) is 0 Å². The molecule has 1 aliphatic rings. The fourth-order valence-corrected chi connectivity index (χ4v) is 3.94. The maximum atomic E-state index is 6.10. The number of para-hydroxylation sites is 1. The summed E-state index contributed by atoms with van der Waals surface area (Å²) < 4.78 is 22.6. The smallest absolute Gasteiger partial charge is 0.165 e. The molecule has 5 nitrogen and oxygen atoms in total. The average Bonchev–Trinajstić information content (AvgIpc) is 3.05. The van der Waals surface area contributed by atoms with Crippen LogP contribution in [0.5, 0.6) is 23.0 Å². The van der Waals surface area contributed by atoms with Gasteiger partial charge in [-0.3, -0.25) is 4.90 Å². The molecule has 3 aromatic carbocycles. The number of methoxy groups -OCH3 is 3. The van der Waals surface area contributed by atoms with Gasteiger partial charge in [0, 0.05) is 30.8 Å². The zero-order valence-electron chi connectivity index (χ0n) is 18.8. The van der Waals surface area contributed by atoms with E-state index in [9.17, 15) is 0 Å². The van der Waals surface area contributed by atoms with E-state index in [-0.39, 0.29) is 0 Å². The van der Waals surface area contributed by atoms with Gasteiger partial charge in [0.1, 0.15) is 18.1 Å². The van der Waals surface area contributed by atoms with Gasteiger partial charge < -0.3 is 18.9 Å². The Morgan fingerprint density at radius 3 is 2.44 bits per heavy atom. The Bertz CT molecular complexity index is 1080. The first-order valence-corrected chi connectivity index (χ1v) is 10.7. The van der Waals surface area contributed by atoms with E-state index >= 15 is 0 Å². The molecule has 0 bridgehead atoms. The lowest BCUT2D eigenvalue weighted by Crippen LogP contribution is -2.25. The molecule has 166 valence electrons. The van der Waals surface area contributed by atoms with Crippen LogP contribution in [0.2, 0.25) is 0 Å². The summed E-state index contributed by atoms with van der Waals surface area (Å²) in [6.07, 6.45) is 4.33. The Kier molecular flexibility index (Phi) is 6.97. The predicted molar refractivity (Wildman–Crippen MR) is 128 cm³/mol. The average molecular weight is 432 g/mol. The zero-order valence-corrected chi connectivity index (χ0v) is 18.8. The molecular weight excluding hydrogens is 402 g/mol. The minimum Gasteiger partial charge on any atom is -0.497 e. The Labute approximate surface area is 189 Å². The van der Waals surface area contributed by atoms with E-state index in [1.165, 1.54) is 0 Å². The van der Waals surface area contributed by atoms with Crippen molar-refractivity contribution in [2.45, 2.75) is 6.54 Å². The van der Waals surface area contributed by atoms with Crippen molar-refractivity contribution in [3.8, 4) is 34.1 Å². The van der Waals surface area contributed by atoms with Gasteiger partial charge >= 0.3 is 0 Å². The van der Waals surface area contributed by atoms with Crippen molar-refractivity contribution in [2.24, 2.45) is 0 Å². The van der Waals surface area contributed by atoms with Crippen molar-refractivity contribution >= 4 is 6.08 Å². The summed E-state index contributed by atoms with van der Waals surface area (Å²) >= 11 is 0. The van der Waals surface area contributed by atoms with Crippen molar-refractivity contribution < 1.29 is 18.9 Å². The van der Waals surface area contributed by atoms with Gasteiger partial charge in [-0.15, -0.1) is 0 Å². The van der Waals surface area contributed by atoms with Crippen LogP contribution in [0.25, 0.3) is 17.2 Å². The van der Waals surface area contributed by atoms with E-state index in [4.69, 9.17) is 18.9 Å². The maximum Gasteiger partial charge on any atom is 0.165 e. The van der Waals surface area contributed by atoms with Crippen LogP contribution in [0.3, 0.4) is 0 Å². The van der Waals surface area contributed by atoms with E-state index in [1.807, 2.05) is 36.4 Å². The summed E-state index contributed by atoms with van der Waals surface area (Å²) in [6.45, 7) is 3.07. The molecule has 0 aromatic heterocycles. The van der Waals surface area contributed by atoms with Crippen molar-refractivity contribution in [3.63, 3.8) is 0 Å². The van der Waals surface area contributed by atoms with Crippen LogP contribution in [-0.2, 0) is 6.54 Å². The molecule has 1 heterocycles. The van der Waals surface area contributed by atoms with Crippen LogP contribution in [-0.4, -0.2) is 45.9 Å². The summed E-state index contributed by atoms with van der Waals surface area (Å²) in [5, 5.41) is 0. The normalized spacial score (nSPS) is 13.8. The Hall–Kier alpha value is -3.44. The van der Waals surface area contributed by atoms with Crippen molar-refractivity contribution in [3.05, 3.63) is 77.9 Å². The van der Waals surface area contributed by atoms with Crippen molar-refractivity contribution in [2.75, 3.05) is 41.0 Å². The second-order valence-corrected chi connectivity index (χ2v) is 7.63. The number of rotatable bonds is 7. The van der Waals surface area contributed by atoms with Crippen LogP contribution in [0, 0.1) is 0 Å². The molecule has 0 radical (unpaired) electrons. The summed E-state index contributed by atoms with van der Waals surface area (Å²) in [6, 6.07) is 20.3. The van der Waals surface area contributed by atoms with E-state index in [2.05, 4.69) is 41.3 Å². The first-order chi connectivity index (χ1) is 15.7. The van der Waals surface area contributed by atoms with Gasteiger partial charge in [0.15, 0.2) is 11.5 Å². The predicted octanol–water partition coefficient (Wildman–Crippen LogP) is 5.29. The van der Waals surface area contributed by atoms with Gasteiger partial charge in [0.05, 0.1) is 21.3 Å². The fraction of sp³-hybridized carbons (Fsp3) is 0.259. The Morgan fingerprint density at radius 1 is 0.906 bits per heavy atom. The lowest BCUT2D eigenvalue weighted by atomic mass is 10.0. The van der Waals surface area contributed by atoms with Crippen LogP contribution < -0.4 is 18.9 Å². The molecule has 0 aliphatic carbocycles. The summed E-state index contributed by atoms with van der Waals surface area (Å²) in [4.78, 5) is 2.37. The minimum atomic E-state index is 0.619. The highest BCUT2D eigenvalue weighted by Gasteiger charge is 2.21. The number of hydrogen-bond donors (Lipinski definition) is 0.